The Kier molecular flexibility index (Phi) is 6.37. The van der Waals surface area contributed by atoms with Crippen molar-refractivity contribution in [3.8, 4) is 10.6 Å². The molecular formula is C20H21BrN4O3S2. The molecule has 10 heteroatoms. The molecule has 2 amide bonds. The van der Waals surface area contributed by atoms with Crippen LogP contribution in [0.1, 0.15) is 23.8 Å². The highest BCUT2D eigenvalue weighted by Gasteiger charge is 2.29. The molecule has 1 aliphatic rings. The molecule has 0 unspecified atom stereocenters. The first-order valence-electron chi connectivity index (χ1n) is 9.65. The van der Waals surface area contributed by atoms with E-state index in [1.54, 1.807) is 11.3 Å². The summed E-state index contributed by atoms with van der Waals surface area (Å²) in [7, 11) is 0. The van der Waals surface area contributed by atoms with E-state index in [4.69, 9.17) is 4.98 Å². The number of carboxylic acid groups (broad SMARTS) is 1. The van der Waals surface area contributed by atoms with E-state index in [2.05, 4.69) is 26.6 Å². The Morgan fingerprint density at radius 3 is 2.93 bits per heavy atom. The summed E-state index contributed by atoms with van der Waals surface area (Å²) < 4.78 is 2.04. The van der Waals surface area contributed by atoms with Crippen LogP contribution in [0.2, 0.25) is 0 Å². The maximum atomic E-state index is 12.5. The molecule has 3 heterocycles. The van der Waals surface area contributed by atoms with Gasteiger partial charge in [0.05, 0.1) is 16.8 Å². The summed E-state index contributed by atoms with van der Waals surface area (Å²) in [5.41, 5.74) is 2.93. The van der Waals surface area contributed by atoms with Crippen molar-refractivity contribution in [2.45, 2.75) is 26.3 Å². The number of thiazole rings is 1. The van der Waals surface area contributed by atoms with Crippen molar-refractivity contribution in [2.24, 2.45) is 0 Å². The molecule has 0 saturated heterocycles. The zero-order valence-electron chi connectivity index (χ0n) is 16.3. The van der Waals surface area contributed by atoms with Crippen LogP contribution in [0, 0.1) is 0 Å². The van der Waals surface area contributed by atoms with Gasteiger partial charge in [-0.15, -0.1) is 22.7 Å². The summed E-state index contributed by atoms with van der Waals surface area (Å²) in [6.45, 7) is 4.22. The lowest BCUT2D eigenvalue weighted by Crippen LogP contribution is -2.34. The van der Waals surface area contributed by atoms with Crippen molar-refractivity contribution in [1.82, 2.24) is 15.2 Å². The summed E-state index contributed by atoms with van der Waals surface area (Å²) in [4.78, 5) is 31.1. The van der Waals surface area contributed by atoms with Crippen LogP contribution in [0.5, 0.6) is 0 Å². The largest absolute Gasteiger partial charge is 0.465 e. The van der Waals surface area contributed by atoms with E-state index < -0.39 is 6.09 Å². The van der Waals surface area contributed by atoms with Crippen LogP contribution in [0.3, 0.4) is 0 Å². The summed E-state index contributed by atoms with van der Waals surface area (Å²) in [5, 5.41) is 17.2. The fourth-order valence-electron chi connectivity index (χ4n) is 3.46. The number of carbonyl (C=O) groups excluding carboxylic acids is 1. The van der Waals surface area contributed by atoms with E-state index in [0.29, 0.717) is 32.5 Å². The first-order chi connectivity index (χ1) is 14.5. The zero-order valence-corrected chi connectivity index (χ0v) is 19.5. The van der Waals surface area contributed by atoms with E-state index in [1.165, 1.54) is 16.2 Å². The van der Waals surface area contributed by atoms with Gasteiger partial charge in [-0.3, -0.25) is 4.79 Å². The van der Waals surface area contributed by atoms with Crippen LogP contribution in [-0.4, -0.2) is 46.6 Å². The zero-order chi connectivity index (χ0) is 21.3. The van der Waals surface area contributed by atoms with E-state index in [0.717, 1.165) is 47.2 Å². The molecule has 30 heavy (non-hydrogen) atoms. The third-order valence-electron chi connectivity index (χ3n) is 4.92. The van der Waals surface area contributed by atoms with Crippen molar-refractivity contribution < 1.29 is 14.7 Å². The van der Waals surface area contributed by atoms with Crippen molar-refractivity contribution in [1.29, 1.82) is 0 Å². The number of rotatable bonds is 6. The van der Waals surface area contributed by atoms with Gasteiger partial charge in [0.25, 0.3) is 0 Å². The number of benzene rings is 1. The summed E-state index contributed by atoms with van der Waals surface area (Å²) in [5.74, 6) is -0.0604. The van der Waals surface area contributed by atoms with Crippen LogP contribution in [0.25, 0.3) is 20.8 Å². The number of halogens is 1. The van der Waals surface area contributed by atoms with E-state index in [1.807, 2.05) is 25.1 Å². The molecule has 0 fully saturated rings. The lowest BCUT2D eigenvalue weighted by atomic mass is 10.0. The lowest BCUT2D eigenvalue weighted by molar-refractivity contribution is -0.116. The molecule has 0 spiro atoms. The number of thiophene rings is 1. The average Bonchev–Trinajstić information content (AvgIpc) is 3.27. The standard InChI is InChI=1S/C20H21BrN4O3S2/c1-2-22-7-5-16(26)24-19-17(12-6-8-25(20(27)28)10-15(12)30-19)18-23-13-9-11(21)3-4-14(13)29-18/h3-4,9,22H,2,5-8,10H2,1H3,(H,24,26)(H,27,28). The molecule has 3 aromatic rings. The van der Waals surface area contributed by atoms with Gasteiger partial charge >= 0.3 is 6.09 Å². The Labute approximate surface area is 190 Å². The molecule has 0 radical (unpaired) electrons. The molecule has 0 atom stereocenters. The molecule has 7 nitrogen and oxygen atoms in total. The predicted octanol–water partition coefficient (Wildman–Crippen LogP) is 4.76. The number of fused-ring (bicyclic) bond motifs is 2. The quantitative estimate of drug-likeness (QED) is 0.417. The third-order valence-corrected chi connectivity index (χ3v) is 7.60. The van der Waals surface area contributed by atoms with Crippen LogP contribution in [0.4, 0.5) is 9.80 Å². The van der Waals surface area contributed by atoms with Gasteiger partial charge in [0.2, 0.25) is 5.91 Å². The highest BCUT2D eigenvalue weighted by atomic mass is 79.9. The number of nitrogens with zero attached hydrogens (tertiary/aromatic N) is 2. The molecule has 1 aromatic carbocycles. The summed E-state index contributed by atoms with van der Waals surface area (Å²) >= 11 is 6.54. The van der Waals surface area contributed by atoms with E-state index in [9.17, 15) is 14.7 Å². The highest BCUT2D eigenvalue weighted by molar-refractivity contribution is 9.10. The number of amides is 2. The van der Waals surface area contributed by atoms with Crippen LogP contribution in [-0.2, 0) is 17.8 Å². The lowest BCUT2D eigenvalue weighted by Gasteiger charge is -2.24. The van der Waals surface area contributed by atoms with Crippen molar-refractivity contribution >= 4 is 65.8 Å². The minimum absolute atomic E-state index is 0.0604. The van der Waals surface area contributed by atoms with Crippen LogP contribution >= 0.6 is 38.6 Å². The Balaban J connectivity index is 1.72. The molecule has 4 rings (SSSR count). The number of carbonyl (C=O) groups is 2. The minimum atomic E-state index is -0.920. The molecule has 0 saturated carbocycles. The SMILES string of the molecule is CCNCCC(=O)Nc1sc2c(c1-c1nc3cc(Br)ccc3s1)CCN(C(=O)O)C2. The molecule has 3 N–H and O–H groups in total. The number of hydrogen-bond acceptors (Lipinski definition) is 6. The third kappa shape index (κ3) is 4.36. The Hall–Kier alpha value is -2.01. The topological polar surface area (TPSA) is 94.6 Å². The van der Waals surface area contributed by atoms with Crippen molar-refractivity contribution in [2.75, 3.05) is 25.0 Å². The van der Waals surface area contributed by atoms with Gasteiger partial charge in [-0.05, 0) is 36.7 Å². The Bertz CT molecular complexity index is 1110. The van der Waals surface area contributed by atoms with Crippen molar-refractivity contribution in [3.63, 3.8) is 0 Å². The highest BCUT2D eigenvalue weighted by Crippen LogP contribution is 2.45. The number of anilines is 1. The number of hydrogen-bond donors (Lipinski definition) is 3. The monoisotopic (exact) mass is 508 g/mol. The molecule has 0 bridgehead atoms. The fourth-order valence-corrected chi connectivity index (χ4v) is 6.18. The van der Waals surface area contributed by atoms with Gasteiger partial charge in [-0.1, -0.05) is 22.9 Å². The van der Waals surface area contributed by atoms with Crippen LogP contribution in [0.15, 0.2) is 22.7 Å². The second kappa shape index (κ2) is 9.01. The normalized spacial score (nSPS) is 13.5. The molecule has 2 aromatic heterocycles. The smallest absolute Gasteiger partial charge is 0.407 e. The Morgan fingerprint density at radius 2 is 2.17 bits per heavy atom. The van der Waals surface area contributed by atoms with Crippen LogP contribution < -0.4 is 10.6 Å². The van der Waals surface area contributed by atoms with E-state index >= 15 is 0 Å². The first kappa shape index (κ1) is 21.2. The number of aromatic nitrogens is 1. The summed E-state index contributed by atoms with van der Waals surface area (Å²) in [6.07, 6.45) is 0.0706. The molecule has 1 aliphatic heterocycles. The van der Waals surface area contributed by atoms with Gasteiger partial charge in [0.1, 0.15) is 10.0 Å². The van der Waals surface area contributed by atoms with Gasteiger partial charge in [-0.25, -0.2) is 9.78 Å². The average molecular weight is 509 g/mol. The second-order valence-corrected chi connectivity index (χ2v) is 10.00. The van der Waals surface area contributed by atoms with E-state index in [-0.39, 0.29) is 5.91 Å². The van der Waals surface area contributed by atoms with Gasteiger partial charge < -0.3 is 20.6 Å². The van der Waals surface area contributed by atoms with Gasteiger partial charge in [0, 0.05) is 34.4 Å². The minimum Gasteiger partial charge on any atom is -0.465 e. The fraction of sp³-hybridized carbons (Fsp3) is 0.350. The maximum absolute atomic E-state index is 12.5. The summed E-state index contributed by atoms with van der Waals surface area (Å²) in [6, 6.07) is 6.00. The Morgan fingerprint density at radius 1 is 1.33 bits per heavy atom. The second-order valence-electron chi connectivity index (χ2n) is 6.94. The van der Waals surface area contributed by atoms with Gasteiger partial charge in [-0.2, -0.15) is 0 Å². The molecular weight excluding hydrogens is 488 g/mol. The van der Waals surface area contributed by atoms with Gasteiger partial charge in [0.15, 0.2) is 0 Å². The predicted molar refractivity (Wildman–Crippen MR) is 125 cm³/mol. The molecule has 0 aliphatic carbocycles. The maximum Gasteiger partial charge on any atom is 0.407 e. The number of nitrogens with one attached hydrogen (secondary N) is 2. The molecule has 158 valence electrons. The van der Waals surface area contributed by atoms with Crippen molar-refractivity contribution in [3.05, 3.63) is 33.1 Å². The first-order valence-corrected chi connectivity index (χ1v) is 12.1.